The summed E-state index contributed by atoms with van der Waals surface area (Å²) in [6.07, 6.45) is 3.33. The first kappa shape index (κ1) is 28.3. The molecule has 9 heteroatoms. The molecule has 7 nitrogen and oxygen atoms in total. The predicted molar refractivity (Wildman–Crippen MR) is 160 cm³/mol. The van der Waals surface area contributed by atoms with Crippen molar-refractivity contribution in [3.63, 3.8) is 0 Å². The van der Waals surface area contributed by atoms with Crippen LogP contribution in [0.4, 0.5) is 11.4 Å². The summed E-state index contributed by atoms with van der Waals surface area (Å²) in [4.78, 5) is 32.7. The van der Waals surface area contributed by atoms with E-state index in [2.05, 4.69) is 24.2 Å². The molecule has 3 aromatic carbocycles. The quantitative estimate of drug-likeness (QED) is 0.297. The van der Waals surface area contributed by atoms with Crippen molar-refractivity contribution in [2.24, 2.45) is 4.99 Å². The average molecular weight is 564 g/mol. The number of aliphatic imine (C=N–C) groups is 1. The molecule has 2 amide bonds. The molecule has 4 rings (SSSR count). The van der Waals surface area contributed by atoms with Gasteiger partial charge in [-0.25, -0.2) is 4.99 Å². The summed E-state index contributed by atoms with van der Waals surface area (Å²) in [5.41, 5.74) is 4.61. The van der Waals surface area contributed by atoms with E-state index in [0.29, 0.717) is 27.4 Å². The van der Waals surface area contributed by atoms with Gasteiger partial charge in [-0.1, -0.05) is 67.5 Å². The highest BCUT2D eigenvalue weighted by molar-refractivity contribution is 8.14. The molecular formula is C30H30ClN3O4S. The summed E-state index contributed by atoms with van der Waals surface area (Å²) in [7, 11) is 3.11. The zero-order chi connectivity index (χ0) is 27.9. The van der Waals surface area contributed by atoms with E-state index < -0.39 is 0 Å². The Morgan fingerprint density at radius 2 is 1.72 bits per heavy atom. The molecule has 3 aromatic rings. The summed E-state index contributed by atoms with van der Waals surface area (Å²) in [6.45, 7) is 4.12. The Kier molecular flexibility index (Phi) is 9.32. The fraction of sp³-hybridized carbons (Fsp3) is 0.233. The average Bonchev–Trinajstić information content (AvgIpc) is 3.27. The van der Waals surface area contributed by atoms with Gasteiger partial charge in [0, 0.05) is 11.8 Å². The summed E-state index contributed by atoms with van der Waals surface area (Å²) in [5, 5.41) is 3.89. The highest BCUT2D eigenvalue weighted by Gasteiger charge is 2.33. The van der Waals surface area contributed by atoms with Crippen LogP contribution in [0.25, 0.3) is 6.08 Å². The number of carbonyl (C=O) groups excluding carboxylic acids is 2. The lowest BCUT2D eigenvalue weighted by Gasteiger charge is -2.19. The Labute approximate surface area is 237 Å². The highest BCUT2D eigenvalue weighted by Crippen LogP contribution is 2.35. The van der Waals surface area contributed by atoms with Crippen molar-refractivity contribution in [2.45, 2.75) is 26.7 Å². The molecule has 1 N–H and O–H groups in total. The fourth-order valence-corrected chi connectivity index (χ4v) is 5.18. The van der Waals surface area contributed by atoms with E-state index in [9.17, 15) is 9.59 Å². The maximum atomic E-state index is 13.6. The molecule has 0 unspecified atom stereocenters. The van der Waals surface area contributed by atoms with Crippen LogP contribution in [0.3, 0.4) is 0 Å². The Balaban J connectivity index is 1.62. The third-order valence-electron chi connectivity index (χ3n) is 6.24. The molecule has 1 heterocycles. The minimum absolute atomic E-state index is 0.0738. The third kappa shape index (κ3) is 6.46. The number of hydrogen-bond donors (Lipinski definition) is 1. The van der Waals surface area contributed by atoms with Gasteiger partial charge >= 0.3 is 0 Å². The first-order chi connectivity index (χ1) is 18.9. The first-order valence-electron chi connectivity index (χ1n) is 12.5. The number of ether oxygens (including phenoxy) is 2. The molecule has 0 saturated carbocycles. The van der Waals surface area contributed by atoms with Gasteiger partial charge in [-0.2, -0.15) is 0 Å². The van der Waals surface area contributed by atoms with Crippen LogP contribution in [0.15, 0.2) is 71.4 Å². The molecule has 0 aliphatic carbocycles. The van der Waals surface area contributed by atoms with Gasteiger partial charge in [0.1, 0.15) is 17.2 Å². The van der Waals surface area contributed by atoms with E-state index in [1.54, 1.807) is 31.4 Å². The normalized spacial score (nSPS) is 14.0. The molecule has 0 fully saturated rings. The van der Waals surface area contributed by atoms with Crippen molar-refractivity contribution in [3.8, 4) is 11.5 Å². The number of halogens is 1. The number of hydrogen-bond acceptors (Lipinski definition) is 6. The third-order valence-corrected chi connectivity index (χ3v) is 7.49. The molecule has 202 valence electrons. The number of nitrogens with one attached hydrogen (secondary N) is 1. The van der Waals surface area contributed by atoms with E-state index in [0.717, 1.165) is 35.2 Å². The second kappa shape index (κ2) is 12.9. The molecule has 0 spiro atoms. The van der Waals surface area contributed by atoms with Gasteiger partial charge in [0.15, 0.2) is 5.17 Å². The Morgan fingerprint density at radius 3 is 2.33 bits per heavy atom. The topological polar surface area (TPSA) is 80.2 Å². The number of methoxy groups -OCH3 is 2. The second-order valence-electron chi connectivity index (χ2n) is 8.65. The van der Waals surface area contributed by atoms with Crippen molar-refractivity contribution < 1.29 is 19.1 Å². The van der Waals surface area contributed by atoms with Crippen LogP contribution in [0, 0.1) is 0 Å². The van der Waals surface area contributed by atoms with Crippen molar-refractivity contribution in [3.05, 3.63) is 88.1 Å². The van der Waals surface area contributed by atoms with Gasteiger partial charge in [-0.05, 0) is 59.9 Å². The number of thioether (sulfide) groups is 1. The van der Waals surface area contributed by atoms with Crippen molar-refractivity contribution in [1.82, 2.24) is 0 Å². The van der Waals surface area contributed by atoms with E-state index in [4.69, 9.17) is 21.1 Å². The minimum atomic E-state index is -0.317. The second-order valence-corrected chi connectivity index (χ2v) is 10.0. The smallest absolute Gasteiger partial charge is 0.283 e. The number of aryl methyl sites for hydroxylation is 2. The van der Waals surface area contributed by atoms with Crippen LogP contribution in [-0.4, -0.2) is 37.0 Å². The lowest BCUT2D eigenvalue weighted by atomic mass is 10.0. The van der Waals surface area contributed by atoms with Crippen LogP contribution in [0.2, 0.25) is 5.02 Å². The summed E-state index contributed by atoms with van der Waals surface area (Å²) < 4.78 is 10.6. The number of carbonyl (C=O) groups is 2. The number of amides is 2. The number of anilines is 2. The van der Waals surface area contributed by atoms with Gasteiger partial charge < -0.3 is 14.8 Å². The number of benzene rings is 3. The zero-order valence-electron chi connectivity index (χ0n) is 22.3. The maximum absolute atomic E-state index is 13.6. The van der Waals surface area contributed by atoms with Crippen LogP contribution in [-0.2, 0) is 22.4 Å². The van der Waals surface area contributed by atoms with E-state index in [1.807, 2.05) is 42.5 Å². The molecule has 39 heavy (non-hydrogen) atoms. The minimum Gasteiger partial charge on any atom is -0.497 e. The van der Waals surface area contributed by atoms with Crippen molar-refractivity contribution in [2.75, 3.05) is 30.2 Å². The molecule has 1 aliphatic rings. The highest BCUT2D eigenvalue weighted by atomic mass is 35.5. The standard InChI is InChI=1S/C30H30ClN3O4S/c1-5-20-8-7-9-21(6-2)28(20)33-27(35)18-39-30-32-25(16-19-10-13-23(37-3)14-11-19)29(36)34(30)22-12-15-24(31)26(17-22)38-4/h7-17H,5-6,18H2,1-4H3,(H,33,35). The van der Waals surface area contributed by atoms with Crippen molar-refractivity contribution >= 4 is 57.8 Å². The first-order valence-corrected chi connectivity index (χ1v) is 13.9. The lowest BCUT2D eigenvalue weighted by molar-refractivity contribution is -0.114. The molecular weight excluding hydrogens is 534 g/mol. The molecule has 0 radical (unpaired) electrons. The van der Waals surface area contributed by atoms with Crippen LogP contribution < -0.4 is 19.7 Å². The largest absolute Gasteiger partial charge is 0.497 e. The number of para-hydroxylation sites is 1. The van der Waals surface area contributed by atoms with E-state index in [1.165, 1.54) is 23.8 Å². The molecule has 0 aromatic heterocycles. The van der Waals surface area contributed by atoms with Crippen LogP contribution in [0.5, 0.6) is 11.5 Å². The Bertz CT molecular complexity index is 1410. The summed E-state index contributed by atoms with van der Waals surface area (Å²) in [5.74, 6) is 0.727. The maximum Gasteiger partial charge on any atom is 0.283 e. The van der Waals surface area contributed by atoms with Crippen molar-refractivity contribution in [1.29, 1.82) is 0 Å². The van der Waals surface area contributed by atoms with Gasteiger partial charge in [-0.3, -0.25) is 14.5 Å². The van der Waals surface area contributed by atoms with E-state index >= 15 is 0 Å². The Morgan fingerprint density at radius 1 is 1.03 bits per heavy atom. The molecule has 0 bridgehead atoms. The molecule has 1 aliphatic heterocycles. The number of rotatable bonds is 9. The van der Waals surface area contributed by atoms with Gasteiger partial charge in [0.05, 0.1) is 30.7 Å². The van der Waals surface area contributed by atoms with Crippen LogP contribution in [0.1, 0.15) is 30.5 Å². The Hall–Kier alpha value is -3.75. The number of nitrogens with zero attached hydrogens (tertiary/aromatic N) is 2. The van der Waals surface area contributed by atoms with Gasteiger partial charge in [-0.15, -0.1) is 0 Å². The molecule has 0 atom stereocenters. The lowest BCUT2D eigenvalue weighted by Crippen LogP contribution is -2.31. The predicted octanol–water partition coefficient (Wildman–Crippen LogP) is 6.60. The number of amidine groups is 1. The van der Waals surface area contributed by atoms with Gasteiger partial charge in [0.25, 0.3) is 5.91 Å². The van der Waals surface area contributed by atoms with Crippen LogP contribution >= 0.6 is 23.4 Å². The zero-order valence-corrected chi connectivity index (χ0v) is 23.9. The monoisotopic (exact) mass is 563 g/mol. The SMILES string of the molecule is CCc1cccc(CC)c1NC(=O)CSC1=NC(=Cc2ccc(OC)cc2)C(=O)N1c1ccc(Cl)c(OC)c1. The summed E-state index contributed by atoms with van der Waals surface area (Å²) >= 11 is 7.42. The molecule has 0 saturated heterocycles. The summed E-state index contributed by atoms with van der Waals surface area (Å²) in [6, 6.07) is 18.4. The van der Waals surface area contributed by atoms with Gasteiger partial charge in [0.2, 0.25) is 5.91 Å². The van der Waals surface area contributed by atoms with E-state index in [-0.39, 0.29) is 23.3 Å². The fourth-order valence-electron chi connectivity index (χ4n) is 4.18.